The van der Waals surface area contributed by atoms with E-state index < -0.39 is 5.69 Å². The Labute approximate surface area is 158 Å². The quantitative estimate of drug-likeness (QED) is 0.580. The highest BCUT2D eigenvalue weighted by Gasteiger charge is 2.15. The fraction of sp³-hybridized carbons (Fsp3) is 0.158. The van der Waals surface area contributed by atoms with E-state index in [4.69, 9.17) is 9.47 Å². The minimum Gasteiger partial charge on any atom is -0.486 e. The lowest BCUT2D eigenvalue weighted by molar-refractivity contribution is -0.117. The standard InChI is InChI=1S/C19H15N5O4/c25-17(21-12-5-6-15-16(9-12)28-8-7-27-15)10-24-19(26)23-11-20-14-4-2-1-3-13(14)18(23)22-24/h1-6,9,11H,7-8,10H2,(H,21,25). The molecule has 2 aromatic heterocycles. The SMILES string of the molecule is O=C(Cn1nc2c3ccccc3ncn2c1=O)Nc1ccc2c(c1)OCCO2. The molecule has 0 saturated carbocycles. The van der Waals surface area contributed by atoms with E-state index in [-0.39, 0.29) is 12.5 Å². The highest BCUT2D eigenvalue weighted by atomic mass is 16.6. The van der Waals surface area contributed by atoms with E-state index in [1.807, 2.05) is 24.3 Å². The van der Waals surface area contributed by atoms with Gasteiger partial charge in [0.25, 0.3) is 0 Å². The van der Waals surface area contributed by atoms with Gasteiger partial charge in [-0.2, -0.15) is 0 Å². The molecule has 0 spiro atoms. The van der Waals surface area contributed by atoms with Crippen LogP contribution in [0.2, 0.25) is 0 Å². The molecule has 0 unspecified atom stereocenters. The smallest absolute Gasteiger partial charge is 0.352 e. The summed E-state index contributed by atoms with van der Waals surface area (Å²) in [5.41, 5.74) is 1.32. The second-order valence-electron chi connectivity index (χ2n) is 6.30. The number of fused-ring (bicyclic) bond motifs is 4. The number of nitrogens with one attached hydrogen (secondary N) is 1. The van der Waals surface area contributed by atoms with Crippen molar-refractivity contribution < 1.29 is 14.3 Å². The van der Waals surface area contributed by atoms with Gasteiger partial charge in [-0.05, 0) is 24.3 Å². The summed E-state index contributed by atoms with van der Waals surface area (Å²) < 4.78 is 13.4. The van der Waals surface area contributed by atoms with Crippen LogP contribution in [0.4, 0.5) is 5.69 Å². The summed E-state index contributed by atoms with van der Waals surface area (Å²) >= 11 is 0. The van der Waals surface area contributed by atoms with Crippen molar-refractivity contribution in [1.82, 2.24) is 19.2 Å². The maximum atomic E-state index is 12.6. The third-order valence-corrected chi connectivity index (χ3v) is 4.45. The van der Waals surface area contributed by atoms with Gasteiger partial charge in [-0.25, -0.2) is 18.9 Å². The number of benzene rings is 2. The zero-order valence-electron chi connectivity index (χ0n) is 14.7. The lowest BCUT2D eigenvalue weighted by Crippen LogP contribution is -2.28. The van der Waals surface area contributed by atoms with Gasteiger partial charge in [0.15, 0.2) is 17.1 Å². The van der Waals surface area contributed by atoms with Crippen LogP contribution >= 0.6 is 0 Å². The van der Waals surface area contributed by atoms with Crippen molar-refractivity contribution in [1.29, 1.82) is 0 Å². The topological polar surface area (TPSA) is 99.8 Å². The minimum absolute atomic E-state index is 0.219. The van der Waals surface area contributed by atoms with Gasteiger partial charge in [0.05, 0.1) is 5.52 Å². The summed E-state index contributed by atoms with van der Waals surface area (Å²) in [4.78, 5) is 29.2. The third kappa shape index (κ3) is 2.73. The molecule has 9 nitrogen and oxygen atoms in total. The van der Waals surface area contributed by atoms with Crippen LogP contribution in [-0.4, -0.2) is 38.3 Å². The zero-order chi connectivity index (χ0) is 19.1. The number of aromatic nitrogens is 4. The average Bonchev–Trinajstić information content (AvgIpc) is 3.04. The van der Waals surface area contributed by atoms with Crippen LogP contribution in [0.1, 0.15) is 0 Å². The highest BCUT2D eigenvalue weighted by Crippen LogP contribution is 2.32. The van der Waals surface area contributed by atoms with E-state index in [0.29, 0.717) is 36.0 Å². The van der Waals surface area contributed by atoms with Crippen LogP contribution < -0.4 is 20.5 Å². The molecule has 0 fully saturated rings. The molecule has 1 aliphatic heterocycles. The van der Waals surface area contributed by atoms with Gasteiger partial charge in [0.1, 0.15) is 26.1 Å². The molecule has 28 heavy (non-hydrogen) atoms. The van der Waals surface area contributed by atoms with E-state index in [1.54, 1.807) is 18.2 Å². The molecule has 9 heteroatoms. The van der Waals surface area contributed by atoms with Crippen LogP contribution in [0.25, 0.3) is 16.6 Å². The molecule has 1 amide bonds. The number of rotatable bonds is 3. The second kappa shape index (κ2) is 6.38. The van der Waals surface area contributed by atoms with Crippen molar-refractivity contribution in [3.8, 4) is 11.5 Å². The first-order valence-corrected chi connectivity index (χ1v) is 8.71. The summed E-state index contributed by atoms with van der Waals surface area (Å²) in [5, 5.41) is 7.81. The molecule has 0 aliphatic carbocycles. The lowest BCUT2D eigenvalue weighted by Gasteiger charge is -2.18. The Bertz CT molecular complexity index is 1280. The number of hydrogen-bond acceptors (Lipinski definition) is 6. The number of amides is 1. The molecule has 2 aromatic carbocycles. The first kappa shape index (κ1) is 16.3. The van der Waals surface area contributed by atoms with E-state index >= 15 is 0 Å². The Morgan fingerprint density at radius 3 is 2.82 bits per heavy atom. The molecule has 1 aliphatic rings. The Hall–Kier alpha value is -3.88. The van der Waals surface area contributed by atoms with E-state index in [0.717, 1.165) is 15.6 Å². The predicted octanol–water partition coefficient (Wildman–Crippen LogP) is 1.45. The number of carbonyl (C=O) groups excluding carboxylic acids is 1. The van der Waals surface area contributed by atoms with Gasteiger partial charge in [0.2, 0.25) is 5.91 Å². The molecular formula is C19H15N5O4. The van der Waals surface area contributed by atoms with Crippen molar-refractivity contribution in [2.24, 2.45) is 0 Å². The van der Waals surface area contributed by atoms with Gasteiger partial charge in [-0.3, -0.25) is 4.79 Å². The van der Waals surface area contributed by atoms with Crippen LogP contribution in [0.5, 0.6) is 11.5 Å². The monoisotopic (exact) mass is 377 g/mol. The molecule has 5 rings (SSSR count). The summed E-state index contributed by atoms with van der Waals surface area (Å²) in [6.07, 6.45) is 1.42. The first-order valence-electron chi connectivity index (χ1n) is 8.71. The number of hydrogen-bond donors (Lipinski definition) is 1. The maximum absolute atomic E-state index is 12.6. The van der Waals surface area contributed by atoms with E-state index in [2.05, 4.69) is 15.4 Å². The number of para-hydroxylation sites is 1. The largest absolute Gasteiger partial charge is 0.486 e. The van der Waals surface area contributed by atoms with Gasteiger partial charge in [0, 0.05) is 17.1 Å². The van der Waals surface area contributed by atoms with Crippen LogP contribution in [0.3, 0.4) is 0 Å². The maximum Gasteiger partial charge on any atom is 0.352 e. The molecule has 0 bridgehead atoms. The first-order chi connectivity index (χ1) is 13.7. The summed E-state index contributed by atoms with van der Waals surface area (Å²) in [6.45, 7) is 0.741. The van der Waals surface area contributed by atoms with E-state index in [9.17, 15) is 9.59 Å². The molecule has 0 radical (unpaired) electrons. The van der Waals surface area contributed by atoms with Crippen molar-refractivity contribution in [2.75, 3.05) is 18.5 Å². The number of anilines is 1. The fourth-order valence-electron chi connectivity index (χ4n) is 3.16. The Kier molecular flexibility index (Phi) is 3.71. The van der Waals surface area contributed by atoms with Gasteiger partial charge < -0.3 is 14.8 Å². The van der Waals surface area contributed by atoms with Gasteiger partial charge in [-0.15, -0.1) is 5.10 Å². The Morgan fingerprint density at radius 2 is 1.93 bits per heavy atom. The van der Waals surface area contributed by atoms with Crippen LogP contribution in [-0.2, 0) is 11.3 Å². The van der Waals surface area contributed by atoms with Crippen molar-refractivity contribution in [3.63, 3.8) is 0 Å². The number of ether oxygens (including phenoxy) is 2. The molecular weight excluding hydrogens is 362 g/mol. The molecule has 1 N–H and O–H groups in total. The molecule has 0 atom stereocenters. The summed E-state index contributed by atoms with van der Waals surface area (Å²) in [6, 6.07) is 12.5. The average molecular weight is 377 g/mol. The summed E-state index contributed by atoms with van der Waals surface area (Å²) in [5.74, 6) is 0.839. The van der Waals surface area contributed by atoms with Crippen molar-refractivity contribution >= 4 is 28.1 Å². The normalized spacial score (nSPS) is 13.0. The Balaban J connectivity index is 1.42. The van der Waals surface area contributed by atoms with Crippen LogP contribution in [0, 0.1) is 0 Å². The second-order valence-corrected chi connectivity index (χ2v) is 6.30. The molecule has 4 aromatic rings. The molecule has 140 valence electrons. The number of nitrogens with zero attached hydrogens (tertiary/aromatic N) is 4. The Morgan fingerprint density at radius 1 is 1.11 bits per heavy atom. The lowest BCUT2D eigenvalue weighted by atomic mass is 10.2. The predicted molar refractivity (Wildman–Crippen MR) is 101 cm³/mol. The number of carbonyl (C=O) groups is 1. The third-order valence-electron chi connectivity index (χ3n) is 4.45. The van der Waals surface area contributed by atoms with Gasteiger partial charge >= 0.3 is 5.69 Å². The highest BCUT2D eigenvalue weighted by molar-refractivity contribution is 5.92. The summed E-state index contributed by atoms with van der Waals surface area (Å²) in [7, 11) is 0. The fourth-order valence-corrected chi connectivity index (χ4v) is 3.16. The minimum atomic E-state index is -0.425. The van der Waals surface area contributed by atoms with Crippen LogP contribution in [0.15, 0.2) is 53.6 Å². The molecule has 3 heterocycles. The van der Waals surface area contributed by atoms with E-state index in [1.165, 1.54) is 10.7 Å². The van der Waals surface area contributed by atoms with Crippen molar-refractivity contribution in [3.05, 3.63) is 59.3 Å². The van der Waals surface area contributed by atoms with Gasteiger partial charge in [-0.1, -0.05) is 12.1 Å². The van der Waals surface area contributed by atoms with Crippen molar-refractivity contribution in [2.45, 2.75) is 6.54 Å². The zero-order valence-corrected chi connectivity index (χ0v) is 14.7. The molecule has 0 saturated heterocycles.